The lowest BCUT2D eigenvalue weighted by Crippen LogP contribution is -2.51. The van der Waals surface area contributed by atoms with Gasteiger partial charge >= 0.3 is 17.7 Å². The van der Waals surface area contributed by atoms with Crippen LogP contribution in [0.4, 0.5) is 18.9 Å². The molecule has 140 valence electrons. The van der Waals surface area contributed by atoms with Crippen molar-refractivity contribution in [1.82, 2.24) is 14.3 Å². The molecule has 27 heavy (non-hydrogen) atoms. The van der Waals surface area contributed by atoms with Crippen LogP contribution >= 0.6 is 0 Å². The van der Waals surface area contributed by atoms with E-state index in [9.17, 15) is 22.8 Å². The number of amides is 1. The molecule has 10 heteroatoms. The highest BCUT2D eigenvalue weighted by molar-refractivity contribution is 6.01. The number of terminal acetylenes is 1. The number of aromatic nitrogens is 3. The molecule has 0 saturated heterocycles. The fourth-order valence-electron chi connectivity index (χ4n) is 3.24. The molecule has 2 aromatic rings. The molecule has 0 saturated carbocycles. The third-order valence-electron chi connectivity index (χ3n) is 4.50. The molecule has 1 aromatic heterocycles. The maximum Gasteiger partial charge on any atom is 0.483 e. The van der Waals surface area contributed by atoms with Crippen LogP contribution in [0.15, 0.2) is 16.9 Å². The molecule has 7 nitrogen and oxygen atoms in total. The van der Waals surface area contributed by atoms with Crippen molar-refractivity contribution in [2.45, 2.75) is 31.9 Å². The number of hydrogen-bond donors (Lipinski definition) is 0. The summed E-state index contributed by atoms with van der Waals surface area (Å²) in [5.74, 6) is -0.580. The molecule has 0 unspecified atom stereocenters. The second kappa shape index (κ2) is 5.90. The lowest BCUT2D eigenvalue weighted by molar-refractivity contribution is -0.192. The Labute approximate surface area is 150 Å². The van der Waals surface area contributed by atoms with Gasteiger partial charge in [-0.3, -0.25) is 14.3 Å². The fourth-order valence-corrected chi connectivity index (χ4v) is 3.24. The minimum Gasteiger partial charge on any atom is -0.423 e. The van der Waals surface area contributed by atoms with Gasteiger partial charge in [0.1, 0.15) is 11.5 Å². The predicted octanol–water partition coefficient (Wildman–Crippen LogP) is 1.46. The molecule has 0 fully saturated rings. The molecule has 0 bridgehead atoms. The smallest absolute Gasteiger partial charge is 0.423 e. The number of hydrogen-bond acceptors (Lipinski definition) is 4. The quantitative estimate of drug-likeness (QED) is 0.742. The zero-order valence-electron chi connectivity index (χ0n) is 13.9. The number of benzene rings is 1. The topological polar surface area (TPSA) is 69.4 Å². The number of anilines is 1. The van der Waals surface area contributed by atoms with Gasteiger partial charge in [0.05, 0.1) is 12.2 Å². The van der Waals surface area contributed by atoms with E-state index in [0.717, 1.165) is 23.6 Å². The highest BCUT2D eigenvalue weighted by Crippen LogP contribution is 2.41. The molecule has 0 atom stereocenters. The molecule has 2 aliphatic rings. The molecule has 0 N–H and O–H groups in total. The Morgan fingerprint density at radius 3 is 2.74 bits per heavy atom. The molecular weight excluding hydrogens is 365 g/mol. The highest BCUT2D eigenvalue weighted by atomic mass is 19.3. The number of rotatable bonds is 2. The van der Waals surface area contributed by atoms with E-state index < -0.39 is 35.8 Å². The van der Waals surface area contributed by atoms with Crippen LogP contribution in [-0.4, -0.2) is 32.9 Å². The summed E-state index contributed by atoms with van der Waals surface area (Å²) in [6.07, 6.45) is 3.23. The normalized spacial score (nSPS) is 17.7. The highest BCUT2D eigenvalue weighted by Gasteiger charge is 2.50. The Morgan fingerprint density at radius 1 is 1.26 bits per heavy atom. The second-order valence-corrected chi connectivity index (χ2v) is 6.20. The largest absolute Gasteiger partial charge is 0.483 e. The van der Waals surface area contributed by atoms with Crippen LogP contribution < -0.4 is 15.3 Å². The lowest BCUT2D eigenvalue weighted by Gasteiger charge is -2.32. The van der Waals surface area contributed by atoms with E-state index in [2.05, 4.69) is 15.8 Å². The van der Waals surface area contributed by atoms with E-state index >= 15 is 0 Å². The summed E-state index contributed by atoms with van der Waals surface area (Å²) >= 11 is 0. The number of carbonyl (C=O) groups excluding carboxylic acids is 1. The average Bonchev–Trinajstić information content (AvgIpc) is 2.95. The number of nitrogens with zero attached hydrogens (tertiary/aromatic N) is 4. The van der Waals surface area contributed by atoms with E-state index in [1.165, 1.54) is 4.57 Å². The van der Waals surface area contributed by atoms with Gasteiger partial charge in [0, 0.05) is 19.0 Å². The first-order valence-electron chi connectivity index (χ1n) is 8.18. The van der Waals surface area contributed by atoms with Gasteiger partial charge in [0.2, 0.25) is 0 Å². The van der Waals surface area contributed by atoms with Crippen molar-refractivity contribution in [3.05, 3.63) is 34.3 Å². The third kappa shape index (κ3) is 2.58. The van der Waals surface area contributed by atoms with Crippen molar-refractivity contribution in [3.8, 4) is 23.8 Å². The third-order valence-corrected chi connectivity index (χ3v) is 4.50. The van der Waals surface area contributed by atoms with Crippen molar-refractivity contribution in [1.29, 1.82) is 0 Å². The molecule has 4 rings (SSSR count). The lowest BCUT2D eigenvalue weighted by atomic mass is 10.2. The molecule has 0 spiro atoms. The first kappa shape index (κ1) is 17.2. The Balaban J connectivity index is 1.89. The van der Waals surface area contributed by atoms with Crippen molar-refractivity contribution >= 4 is 11.6 Å². The number of ether oxygens (including phenoxy) is 1. The number of carbonyl (C=O) groups is 1. The SMILES string of the molecule is C#CCN1C(=O)C(F)(F)Oc2cc(F)c(-n3nc4n(c3=O)CCCC4)cc21. The summed E-state index contributed by atoms with van der Waals surface area (Å²) < 4.78 is 48.7. The monoisotopic (exact) mass is 378 g/mol. The molecular formula is C17H13F3N4O3. The van der Waals surface area contributed by atoms with Gasteiger partial charge in [-0.25, -0.2) is 9.18 Å². The van der Waals surface area contributed by atoms with Gasteiger partial charge in [-0.2, -0.15) is 13.5 Å². The second-order valence-electron chi connectivity index (χ2n) is 6.20. The standard InChI is InChI=1S/C17H13F3N4O3/c1-2-6-22-12-9-11(10(18)8-13(12)27-17(19,20)15(22)25)24-16(26)23-7-4-3-5-14(23)21-24/h1,8-9H,3-7H2. The molecule has 0 radical (unpaired) electrons. The summed E-state index contributed by atoms with van der Waals surface area (Å²) in [7, 11) is 0. The number of halogens is 3. The van der Waals surface area contributed by atoms with Crippen molar-refractivity contribution < 1.29 is 22.7 Å². The first-order valence-corrected chi connectivity index (χ1v) is 8.18. The van der Waals surface area contributed by atoms with E-state index in [1.54, 1.807) is 0 Å². The van der Waals surface area contributed by atoms with E-state index in [1.807, 2.05) is 0 Å². The van der Waals surface area contributed by atoms with Gasteiger partial charge in [0.25, 0.3) is 0 Å². The number of aryl methyl sites for hydroxylation is 1. The summed E-state index contributed by atoms with van der Waals surface area (Å²) in [6, 6.07) is 1.76. The van der Waals surface area contributed by atoms with Crippen molar-refractivity contribution in [3.63, 3.8) is 0 Å². The first-order chi connectivity index (χ1) is 12.8. The minimum atomic E-state index is -4.16. The maximum absolute atomic E-state index is 14.6. The van der Waals surface area contributed by atoms with Crippen LogP contribution in [0, 0.1) is 18.2 Å². The van der Waals surface area contributed by atoms with Crippen LogP contribution in [0.1, 0.15) is 18.7 Å². The van der Waals surface area contributed by atoms with Gasteiger partial charge in [-0.15, -0.1) is 11.5 Å². The summed E-state index contributed by atoms with van der Waals surface area (Å²) in [5, 5.41) is 4.14. The molecule has 3 heterocycles. The summed E-state index contributed by atoms with van der Waals surface area (Å²) in [4.78, 5) is 25.1. The van der Waals surface area contributed by atoms with E-state index in [0.29, 0.717) is 29.8 Å². The zero-order chi connectivity index (χ0) is 19.3. The molecule has 1 amide bonds. The Morgan fingerprint density at radius 2 is 2.04 bits per heavy atom. The van der Waals surface area contributed by atoms with Crippen molar-refractivity contribution in [2.24, 2.45) is 0 Å². The van der Waals surface area contributed by atoms with Crippen LogP contribution in [0.2, 0.25) is 0 Å². The van der Waals surface area contributed by atoms with Crippen molar-refractivity contribution in [2.75, 3.05) is 11.4 Å². The van der Waals surface area contributed by atoms with Crippen LogP contribution in [0.5, 0.6) is 5.75 Å². The van der Waals surface area contributed by atoms with Gasteiger partial charge in [-0.05, 0) is 18.9 Å². The maximum atomic E-state index is 14.6. The van der Waals surface area contributed by atoms with Gasteiger partial charge < -0.3 is 4.74 Å². The summed E-state index contributed by atoms with van der Waals surface area (Å²) in [6.45, 7) is 0.00219. The minimum absolute atomic E-state index is 0.154. The van der Waals surface area contributed by atoms with Crippen LogP contribution in [0.3, 0.4) is 0 Å². The Hall–Kier alpha value is -3.22. The zero-order valence-corrected chi connectivity index (χ0v) is 13.9. The van der Waals surface area contributed by atoms with Gasteiger partial charge in [-0.1, -0.05) is 5.92 Å². The Kier molecular flexibility index (Phi) is 3.76. The van der Waals surface area contributed by atoms with Crippen LogP contribution in [0.25, 0.3) is 5.69 Å². The number of fused-ring (bicyclic) bond motifs is 2. The van der Waals surface area contributed by atoms with E-state index in [4.69, 9.17) is 6.42 Å². The predicted molar refractivity (Wildman–Crippen MR) is 87.5 cm³/mol. The molecule has 1 aromatic carbocycles. The molecule has 2 aliphatic heterocycles. The van der Waals surface area contributed by atoms with E-state index in [-0.39, 0.29) is 11.4 Å². The fraction of sp³-hybridized carbons (Fsp3) is 0.353. The molecule has 0 aliphatic carbocycles. The Bertz CT molecular complexity index is 1050. The summed E-state index contributed by atoms with van der Waals surface area (Å²) in [5.41, 5.74) is -0.970. The number of alkyl halides is 2. The average molecular weight is 378 g/mol. The van der Waals surface area contributed by atoms with Gasteiger partial charge in [0.15, 0.2) is 11.6 Å². The van der Waals surface area contributed by atoms with Crippen LogP contribution in [-0.2, 0) is 17.8 Å².